The molecular formula is C12H19NO. The first kappa shape index (κ1) is 11.0. The van der Waals surface area contributed by atoms with E-state index in [1.807, 2.05) is 4.90 Å². The summed E-state index contributed by atoms with van der Waals surface area (Å²) in [6.07, 6.45) is 1.00. The Balaban J connectivity index is 3.18. The second-order valence-electron chi connectivity index (χ2n) is 4.25. The number of nitrogens with zero attached hydrogens (tertiary/aromatic N) is 1. The van der Waals surface area contributed by atoms with Gasteiger partial charge in [0.15, 0.2) is 0 Å². The van der Waals surface area contributed by atoms with Crippen molar-refractivity contribution in [3.8, 4) is 0 Å². The van der Waals surface area contributed by atoms with Crippen molar-refractivity contribution in [2.24, 2.45) is 0 Å². The molecule has 14 heavy (non-hydrogen) atoms. The number of allylic oxidation sites excluding steroid dienone is 3. The summed E-state index contributed by atoms with van der Waals surface area (Å²) >= 11 is 0. The lowest BCUT2D eigenvalue weighted by atomic mass is 10.0. The molecule has 1 fully saturated rings. The molecule has 0 bridgehead atoms. The van der Waals surface area contributed by atoms with Gasteiger partial charge in [-0.2, -0.15) is 0 Å². The minimum absolute atomic E-state index is 0.150. The summed E-state index contributed by atoms with van der Waals surface area (Å²) in [6, 6.07) is 0. The van der Waals surface area contributed by atoms with Crippen LogP contribution in [0.4, 0.5) is 0 Å². The summed E-state index contributed by atoms with van der Waals surface area (Å²) in [5.41, 5.74) is 5.05. The van der Waals surface area contributed by atoms with E-state index in [9.17, 15) is 4.79 Å². The Morgan fingerprint density at radius 1 is 1.07 bits per heavy atom. The van der Waals surface area contributed by atoms with Crippen LogP contribution < -0.4 is 0 Å². The maximum atomic E-state index is 11.4. The Morgan fingerprint density at radius 2 is 1.64 bits per heavy atom. The van der Waals surface area contributed by atoms with Crippen LogP contribution in [0.5, 0.6) is 0 Å². The van der Waals surface area contributed by atoms with Crippen molar-refractivity contribution in [3.05, 3.63) is 22.4 Å². The summed E-state index contributed by atoms with van der Waals surface area (Å²) in [6.45, 7) is 10.8. The van der Waals surface area contributed by atoms with Gasteiger partial charge in [0.05, 0.1) is 0 Å². The number of carbonyl (C=O) groups is 1. The molecule has 2 nitrogen and oxygen atoms in total. The van der Waals surface area contributed by atoms with Gasteiger partial charge in [0.2, 0.25) is 5.91 Å². The molecule has 0 atom stereocenters. The molecule has 0 aliphatic carbocycles. The maximum Gasteiger partial charge on any atom is 0.223 e. The summed E-state index contributed by atoms with van der Waals surface area (Å²) in [5.74, 6) is 0.150. The molecule has 0 aromatic carbocycles. The SMILES string of the molecule is CC(=O)N1CCC(=C(C)C)C1=C(C)C. The molecule has 1 aliphatic rings. The highest BCUT2D eigenvalue weighted by atomic mass is 16.2. The number of rotatable bonds is 0. The van der Waals surface area contributed by atoms with Crippen molar-refractivity contribution in [2.45, 2.75) is 41.0 Å². The van der Waals surface area contributed by atoms with Gasteiger partial charge in [-0.15, -0.1) is 0 Å². The minimum Gasteiger partial charge on any atom is -0.312 e. The average Bonchev–Trinajstić information content (AvgIpc) is 2.46. The van der Waals surface area contributed by atoms with Crippen LogP contribution in [0, 0.1) is 0 Å². The fourth-order valence-electron chi connectivity index (χ4n) is 1.99. The molecular weight excluding hydrogens is 174 g/mol. The first-order valence-corrected chi connectivity index (χ1v) is 5.07. The quantitative estimate of drug-likeness (QED) is 0.579. The standard InChI is InChI=1S/C12H19NO/c1-8(2)11-6-7-13(10(5)14)12(11)9(3)4/h6-7H2,1-5H3. The van der Waals surface area contributed by atoms with Gasteiger partial charge in [-0.05, 0) is 39.7 Å². The normalized spacial score (nSPS) is 16.2. The Morgan fingerprint density at radius 3 is 2.00 bits per heavy atom. The van der Waals surface area contributed by atoms with E-state index in [-0.39, 0.29) is 5.91 Å². The topological polar surface area (TPSA) is 20.3 Å². The zero-order chi connectivity index (χ0) is 10.9. The molecule has 1 saturated heterocycles. The van der Waals surface area contributed by atoms with E-state index in [0.717, 1.165) is 18.7 Å². The zero-order valence-corrected chi connectivity index (χ0v) is 9.77. The maximum absolute atomic E-state index is 11.4. The lowest BCUT2D eigenvalue weighted by molar-refractivity contribution is -0.126. The number of hydrogen-bond donors (Lipinski definition) is 0. The first-order chi connectivity index (χ1) is 6.45. The first-order valence-electron chi connectivity index (χ1n) is 5.07. The van der Waals surface area contributed by atoms with E-state index in [1.165, 1.54) is 16.7 Å². The largest absolute Gasteiger partial charge is 0.312 e. The van der Waals surface area contributed by atoms with Crippen LogP contribution in [0.1, 0.15) is 41.0 Å². The number of hydrogen-bond acceptors (Lipinski definition) is 1. The van der Waals surface area contributed by atoms with Crippen molar-refractivity contribution in [2.75, 3.05) is 6.54 Å². The van der Waals surface area contributed by atoms with Gasteiger partial charge in [-0.25, -0.2) is 0 Å². The predicted octanol–water partition coefficient (Wildman–Crippen LogP) is 2.87. The highest BCUT2D eigenvalue weighted by Crippen LogP contribution is 2.32. The Labute approximate surface area is 86.3 Å². The van der Waals surface area contributed by atoms with Gasteiger partial charge in [0.1, 0.15) is 0 Å². The molecule has 0 spiro atoms. The second kappa shape index (κ2) is 3.99. The zero-order valence-electron chi connectivity index (χ0n) is 9.77. The van der Waals surface area contributed by atoms with Crippen LogP contribution in [0.2, 0.25) is 0 Å². The van der Waals surface area contributed by atoms with Crippen LogP contribution in [-0.2, 0) is 4.79 Å². The highest BCUT2D eigenvalue weighted by molar-refractivity contribution is 5.77. The summed E-state index contributed by atoms with van der Waals surface area (Å²) in [7, 11) is 0. The van der Waals surface area contributed by atoms with Crippen LogP contribution in [0.25, 0.3) is 0 Å². The fraction of sp³-hybridized carbons (Fsp3) is 0.583. The van der Waals surface area contributed by atoms with Crippen molar-refractivity contribution in [1.82, 2.24) is 4.90 Å². The smallest absolute Gasteiger partial charge is 0.223 e. The molecule has 1 heterocycles. The molecule has 1 rings (SSSR count). The van der Waals surface area contributed by atoms with Crippen LogP contribution in [0.15, 0.2) is 22.4 Å². The predicted molar refractivity (Wildman–Crippen MR) is 58.8 cm³/mol. The van der Waals surface area contributed by atoms with Crippen molar-refractivity contribution in [1.29, 1.82) is 0 Å². The molecule has 0 aromatic heterocycles. The molecule has 0 saturated carbocycles. The molecule has 2 heteroatoms. The van der Waals surface area contributed by atoms with Gasteiger partial charge in [-0.3, -0.25) is 4.79 Å². The van der Waals surface area contributed by atoms with Gasteiger partial charge in [-0.1, -0.05) is 11.1 Å². The van der Waals surface area contributed by atoms with E-state index in [0.29, 0.717) is 0 Å². The second-order valence-corrected chi connectivity index (χ2v) is 4.25. The van der Waals surface area contributed by atoms with E-state index in [2.05, 4.69) is 27.7 Å². The number of carbonyl (C=O) groups excluding carboxylic acids is 1. The third kappa shape index (κ3) is 1.89. The van der Waals surface area contributed by atoms with Gasteiger partial charge < -0.3 is 4.90 Å². The monoisotopic (exact) mass is 193 g/mol. The van der Waals surface area contributed by atoms with E-state index < -0.39 is 0 Å². The Kier molecular flexibility index (Phi) is 3.14. The van der Waals surface area contributed by atoms with Crippen LogP contribution in [0.3, 0.4) is 0 Å². The van der Waals surface area contributed by atoms with Gasteiger partial charge >= 0.3 is 0 Å². The summed E-state index contributed by atoms with van der Waals surface area (Å²) in [5, 5.41) is 0. The third-order valence-corrected chi connectivity index (χ3v) is 2.60. The number of likely N-dealkylation sites (tertiary alicyclic amines) is 1. The van der Waals surface area contributed by atoms with Crippen molar-refractivity contribution >= 4 is 5.91 Å². The lowest BCUT2D eigenvalue weighted by Crippen LogP contribution is -2.24. The van der Waals surface area contributed by atoms with E-state index >= 15 is 0 Å². The molecule has 1 amide bonds. The van der Waals surface area contributed by atoms with Gasteiger partial charge in [0, 0.05) is 19.2 Å². The Hall–Kier alpha value is -1.05. The average molecular weight is 193 g/mol. The fourth-order valence-corrected chi connectivity index (χ4v) is 1.99. The third-order valence-electron chi connectivity index (χ3n) is 2.60. The molecule has 0 aromatic rings. The molecule has 0 radical (unpaired) electrons. The van der Waals surface area contributed by atoms with Crippen molar-refractivity contribution < 1.29 is 4.79 Å². The Bertz CT molecular complexity index is 315. The van der Waals surface area contributed by atoms with Crippen LogP contribution in [-0.4, -0.2) is 17.4 Å². The highest BCUT2D eigenvalue weighted by Gasteiger charge is 2.26. The van der Waals surface area contributed by atoms with E-state index in [1.54, 1.807) is 6.92 Å². The minimum atomic E-state index is 0.150. The molecule has 1 aliphatic heterocycles. The summed E-state index contributed by atoms with van der Waals surface area (Å²) < 4.78 is 0. The van der Waals surface area contributed by atoms with Crippen LogP contribution >= 0.6 is 0 Å². The van der Waals surface area contributed by atoms with Gasteiger partial charge in [0.25, 0.3) is 0 Å². The molecule has 0 N–H and O–H groups in total. The van der Waals surface area contributed by atoms with Crippen molar-refractivity contribution in [3.63, 3.8) is 0 Å². The summed E-state index contributed by atoms with van der Waals surface area (Å²) in [4.78, 5) is 13.3. The lowest BCUT2D eigenvalue weighted by Gasteiger charge is -2.18. The molecule has 78 valence electrons. The number of amides is 1. The molecule has 0 unspecified atom stereocenters. The van der Waals surface area contributed by atoms with E-state index in [4.69, 9.17) is 0 Å².